The molecule has 0 radical (unpaired) electrons. The third kappa shape index (κ3) is 2.44. The summed E-state index contributed by atoms with van der Waals surface area (Å²) >= 11 is 0. The summed E-state index contributed by atoms with van der Waals surface area (Å²) in [7, 11) is 0. The molecule has 0 aromatic heterocycles. The molecule has 0 unspecified atom stereocenters. The van der Waals surface area contributed by atoms with E-state index in [0.29, 0.717) is 6.29 Å². The zero-order valence-corrected chi connectivity index (χ0v) is 8.60. The van der Waals surface area contributed by atoms with Crippen molar-refractivity contribution in [1.29, 1.82) is 0 Å². The molecular weight excluding hydrogens is 212 g/mol. The molecule has 0 spiro atoms. The van der Waals surface area contributed by atoms with Crippen molar-refractivity contribution >= 4 is 18.2 Å². The number of ether oxygens (including phenoxy) is 1. The molecule has 5 heteroatoms. The highest BCUT2D eigenvalue weighted by Crippen LogP contribution is 2.12. The van der Waals surface area contributed by atoms with Crippen LogP contribution in [0.25, 0.3) is 0 Å². The van der Waals surface area contributed by atoms with Gasteiger partial charge in [-0.25, -0.2) is 9.59 Å². The van der Waals surface area contributed by atoms with E-state index in [1.54, 1.807) is 6.92 Å². The van der Waals surface area contributed by atoms with Gasteiger partial charge >= 0.3 is 11.9 Å². The van der Waals surface area contributed by atoms with Gasteiger partial charge in [-0.15, -0.1) is 0 Å². The van der Waals surface area contributed by atoms with Gasteiger partial charge in [0.2, 0.25) is 0 Å². The van der Waals surface area contributed by atoms with Gasteiger partial charge in [0.25, 0.3) is 0 Å². The molecular formula is C11H10O5. The summed E-state index contributed by atoms with van der Waals surface area (Å²) in [5, 5.41) is 8.71. The van der Waals surface area contributed by atoms with Gasteiger partial charge in [0.15, 0.2) is 6.29 Å². The Kier molecular flexibility index (Phi) is 3.77. The molecule has 1 aromatic carbocycles. The van der Waals surface area contributed by atoms with Gasteiger partial charge in [0.05, 0.1) is 17.7 Å². The van der Waals surface area contributed by atoms with Gasteiger partial charge in [0.1, 0.15) is 0 Å². The number of carbonyl (C=O) groups excluding carboxylic acids is 2. The lowest BCUT2D eigenvalue weighted by molar-refractivity contribution is 0.0523. The van der Waals surface area contributed by atoms with E-state index in [1.165, 1.54) is 12.1 Å². The number of esters is 1. The normalized spacial score (nSPS) is 9.56. The Balaban J connectivity index is 3.16. The fourth-order valence-corrected chi connectivity index (χ4v) is 1.19. The van der Waals surface area contributed by atoms with Crippen LogP contribution in [0.1, 0.15) is 38.0 Å². The maximum absolute atomic E-state index is 11.4. The fourth-order valence-electron chi connectivity index (χ4n) is 1.19. The molecule has 0 aliphatic rings. The van der Waals surface area contributed by atoms with Crippen molar-refractivity contribution in [3.8, 4) is 0 Å². The monoisotopic (exact) mass is 222 g/mol. The van der Waals surface area contributed by atoms with Crippen LogP contribution in [0.15, 0.2) is 18.2 Å². The Morgan fingerprint density at radius 3 is 2.62 bits per heavy atom. The first-order chi connectivity index (χ1) is 7.60. The molecule has 84 valence electrons. The van der Waals surface area contributed by atoms with E-state index in [1.807, 2.05) is 0 Å². The van der Waals surface area contributed by atoms with Crippen molar-refractivity contribution in [2.24, 2.45) is 0 Å². The largest absolute Gasteiger partial charge is 0.478 e. The van der Waals surface area contributed by atoms with E-state index in [-0.39, 0.29) is 23.3 Å². The minimum Gasteiger partial charge on any atom is -0.478 e. The molecule has 0 aliphatic heterocycles. The van der Waals surface area contributed by atoms with Crippen molar-refractivity contribution in [1.82, 2.24) is 0 Å². The lowest BCUT2D eigenvalue weighted by atomic mass is 10.1. The highest BCUT2D eigenvalue weighted by Gasteiger charge is 2.14. The molecule has 5 nitrogen and oxygen atoms in total. The predicted molar refractivity (Wildman–Crippen MR) is 54.7 cm³/mol. The van der Waals surface area contributed by atoms with Crippen LogP contribution in [0.3, 0.4) is 0 Å². The van der Waals surface area contributed by atoms with Gasteiger partial charge in [0, 0.05) is 5.56 Å². The van der Waals surface area contributed by atoms with Gasteiger partial charge in [-0.3, -0.25) is 4.79 Å². The summed E-state index contributed by atoms with van der Waals surface area (Å²) in [5.74, 6) is -1.79. The molecule has 1 aromatic rings. The molecule has 0 aliphatic carbocycles. The quantitative estimate of drug-likeness (QED) is 0.614. The predicted octanol–water partition coefficient (Wildman–Crippen LogP) is 1.37. The summed E-state index contributed by atoms with van der Waals surface area (Å²) in [5.41, 5.74) is 0.0374. The zero-order chi connectivity index (χ0) is 12.1. The third-order valence-corrected chi connectivity index (χ3v) is 1.92. The Hall–Kier alpha value is -2.17. The average molecular weight is 222 g/mol. The molecule has 1 N–H and O–H groups in total. The number of aromatic carboxylic acids is 1. The molecule has 0 atom stereocenters. The topological polar surface area (TPSA) is 80.7 Å². The SMILES string of the molecule is CCOC(=O)c1ccc(C(=O)O)cc1C=O. The number of rotatable bonds is 4. The summed E-state index contributed by atoms with van der Waals surface area (Å²) in [6, 6.07) is 3.66. The van der Waals surface area contributed by atoms with Gasteiger partial charge in [-0.1, -0.05) is 0 Å². The lowest BCUT2D eigenvalue weighted by Gasteiger charge is -2.05. The first kappa shape index (κ1) is 11.9. The highest BCUT2D eigenvalue weighted by molar-refractivity contribution is 6.00. The maximum Gasteiger partial charge on any atom is 0.338 e. The van der Waals surface area contributed by atoms with E-state index in [0.717, 1.165) is 6.07 Å². The molecule has 0 amide bonds. The number of carboxylic acid groups (broad SMARTS) is 1. The summed E-state index contributed by atoms with van der Waals surface area (Å²) < 4.78 is 4.73. The average Bonchev–Trinajstić information content (AvgIpc) is 2.28. The van der Waals surface area contributed by atoms with Crippen LogP contribution in [0, 0.1) is 0 Å². The van der Waals surface area contributed by atoms with Crippen molar-refractivity contribution in [3.63, 3.8) is 0 Å². The standard InChI is InChI=1S/C11H10O5/c1-2-16-11(15)9-4-3-7(10(13)14)5-8(9)6-12/h3-6H,2H2,1H3,(H,13,14). The number of hydrogen-bond donors (Lipinski definition) is 1. The van der Waals surface area contributed by atoms with Gasteiger partial charge in [-0.2, -0.15) is 0 Å². The van der Waals surface area contributed by atoms with Crippen molar-refractivity contribution in [3.05, 3.63) is 34.9 Å². The third-order valence-electron chi connectivity index (χ3n) is 1.92. The Morgan fingerprint density at radius 2 is 2.12 bits per heavy atom. The van der Waals surface area contributed by atoms with Crippen LogP contribution in [0.4, 0.5) is 0 Å². The molecule has 0 saturated heterocycles. The minimum atomic E-state index is -1.15. The molecule has 1 rings (SSSR count). The van der Waals surface area contributed by atoms with E-state index in [4.69, 9.17) is 9.84 Å². The first-order valence-electron chi connectivity index (χ1n) is 4.59. The van der Waals surface area contributed by atoms with Crippen LogP contribution in [0.2, 0.25) is 0 Å². The summed E-state index contributed by atoms with van der Waals surface area (Å²) in [4.78, 5) is 32.7. The molecule has 0 saturated carbocycles. The fraction of sp³-hybridized carbons (Fsp3) is 0.182. The highest BCUT2D eigenvalue weighted by atomic mass is 16.5. The van der Waals surface area contributed by atoms with E-state index >= 15 is 0 Å². The number of hydrogen-bond acceptors (Lipinski definition) is 4. The van der Waals surface area contributed by atoms with Crippen LogP contribution >= 0.6 is 0 Å². The smallest absolute Gasteiger partial charge is 0.338 e. The molecule has 0 bridgehead atoms. The van der Waals surface area contributed by atoms with Crippen molar-refractivity contribution < 1.29 is 24.2 Å². The molecule has 16 heavy (non-hydrogen) atoms. The summed E-state index contributed by atoms with van der Waals surface area (Å²) in [6.45, 7) is 1.84. The van der Waals surface area contributed by atoms with Gasteiger partial charge in [-0.05, 0) is 25.1 Å². The summed E-state index contributed by atoms with van der Waals surface area (Å²) in [6.07, 6.45) is 0.429. The van der Waals surface area contributed by atoms with E-state index in [9.17, 15) is 14.4 Å². The van der Waals surface area contributed by atoms with Crippen LogP contribution in [0.5, 0.6) is 0 Å². The second-order valence-electron chi connectivity index (χ2n) is 2.95. The van der Waals surface area contributed by atoms with Crippen molar-refractivity contribution in [2.75, 3.05) is 6.61 Å². The number of aldehydes is 1. The lowest BCUT2D eigenvalue weighted by Crippen LogP contribution is -2.09. The second kappa shape index (κ2) is 5.06. The molecule has 0 fully saturated rings. The Labute approximate surface area is 91.6 Å². The Bertz CT molecular complexity index is 436. The maximum atomic E-state index is 11.4. The van der Waals surface area contributed by atoms with Crippen LogP contribution < -0.4 is 0 Å². The number of benzene rings is 1. The van der Waals surface area contributed by atoms with E-state index in [2.05, 4.69) is 0 Å². The first-order valence-corrected chi connectivity index (χ1v) is 4.59. The second-order valence-corrected chi connectivity index (χ2v) is 2.95. The van der Waals surface area contributed by atoms with Gasteiger partial charge < -0.3 is 9.84 Å². The Morgan fingerprint density at radius 1 is 1.44 bits per heavy atom. The zero-order valence-electron chi connectivity index (χ0n) is 8.60. The van der Waals surface area contributed by atoms with E-state index < -0.39 is 11.9 Å². The van der Waals surface area contributed by atoms with Crippen LogP contribution in [-0.2, 0) is 4.74 Å². The molecule has 0 heterocycles. The van der Waals surface area contributed by atoms with Crippen LogP contribution in [-0.4, -0.2) is 29.9 Å². The number of carbonyl (C=O) groups is 3. The number of carboxylic acids is 1. The van der Waals surface area contributed by atoms with Crippen molar-refractivity contribution in [2.45, 2.75) is 6.92 Å². The minimum absolute atomic E-state index is 0.0124.